The average molecular weight is 439 g/mol. The topological polar surface area (TPSA) is 72.8 Å². The van der Waals surface area contributed by atoms with Gasteiger partial charge < -0.3 is 4.74 Å². The van der Waals surface area contributed by atoms with Crippen molar-refractivity contribution in [1.29, 1.82) is 0 Å². The molecule has 0 aliphatic carbocycles. The molecule has 8 heteroatoms. The molecular formula is C22H22N4O2S2. The number of hydrogen-bond acceptors (Lipinski definition) is 6. The molecule has 0 atom stereocenters. The highest BCUT2D eigenvalue weighted by atomic mass is 32.2. The van der Waals surface area contributed by atoms with E-state index in [9.17, 15) is 4.79 Å². The summed E-state index contributed by atoms with van der Waals surface area (Å²) in [5.74, 6) is 1.49. The van der Waals surface area contributed by atoms with Gasteiger partial charge in [-0.1, -0.05) is 59.8 Å². The summed E-state index contributed by atoms with van der Waals surface area (Å²) >= 11 is 3.09. The summed E-state index contributed by atoms with van der Waals surface area (Å²) in [5, 5.41) is 10.4. The lowest BCUT2D eigenvalue weighted by atomic mass is 10.1. The van der Waals surface area contributed by atoms with Crippen molar-refractivity contribution in [2.24, 2.45) is 0 Å². The Morgan fingerprint density at radius 3 is 2.73 bits per heavy atom. The molecule has 0 fully saturated rings. The first-order valence-electron chi connectivity index (χ1n) is 9.62. The van der Waals surface area contributed by atoms with E-state index in [2.05, 4.69) is 34.2 Å². The minimum Gasteiger partial charge on any atom is -0.486 e. The largest absolute Gasteiger partial charge is 0.486 e. The molecule has 0 amide bonds. The minimum atomic E-state index is -0.182. The predicted molar refractivity (Wildman–Crippen MR) is 120 cm³/mol. The van der Waals surface area contributed by atoms with Crippen molar-refractivity contribution in [3.05, 3.63) is 92.3 Å². The first-order valence-corrected chi connectivity index (χ1v) is 11.5. The van der Waals surface area contributed by atoms with Crippen LogP contribution in [0.15, 0.2) is 69.9 Å². The highest BCUT2D eigenvalue weighted by molar-refractivity contribution is 7.98. The highest BCUT2D eigenvalue weighted by Crippen LogP contribution is 2.22. The number of nitrogens with zero attached hydrogens (tertiary/aromatic N) is 3. The molecule has 2 aromatic heterocycles. The molecule has 2 heterocycles. The number of rotatable bonds is 9. The van der Waals surface area contributed by atoms with Crippen molar-refractivity contribution in [3.63, 3.8) is 0 Å². The quantitative estimate of drug-likeness (QED) is 0.391. The van der Waals surface area contributed by atoms with Crippen LogP contribution in [0.2, 0.25) is 0 Å². The summed E-state index contributed by atoms with van der Waals surface area (Å²) in [5.41, 5.74) is 3.17. The minimum absolute atomic E-state index is 0.182. The standard InChI is InChI=1S/C22H22N4O2S2/c1-16-7-9-19(10-8-16)28-13-20-23-18(14-29-20)15-30-22-25-24-21(27)26(22)12-11-17-5-3-2-4-6-17/h2-10,14H,11-13,15H2,1H3,(H,24,27). The van der Waals surface area contributed by atoms with Crippen LogP contribution in [0.4, 0.5) is 0 Å². The molecule has 154 valence electrons. The van der Waals surface area contributed by atoms with E-state index in [1.54, 1.807) is 15.9 Å². The molecule has 6 nitrogen and oxygen atoms in total. The summed E-state index contributed by atoms with van der Waals surface area (Å²) in [6.45, 7) is 3.09. The second kappa shape index (κ2) is 9.77. The fourth-order valence-electron chi connectivity index (χ4n) is 2.90. The lowest BCUT2D eigenvalue weighted by Gasteiger charge is -2.05. The average Bonchev–Trinajstić information content (AvgIpc) is 3.37. The number of ether oxygens (including phenoxy) is 1. The van der Waals surface area contributed by atoms with Gasteiger partial charge in [0, 0.05) is 17.7 Å². The molecule has 0 aliphatic rings. The normalized spacial score (nSPS) is 11.0. The number of benzene rings is 2. The third-order valence-electron chi connectivity index (χ3n) is 4.52. The summed E-state index contributed by atoms with van der Waals surface area (Å²) < 4.78 is 7.48. The van der Waals surface area contributed by atoms with Crippen molar-refractivity contribution in [1.82, 2.24) is 19.7 Å². The maximum absolute atomic E-state index is 12.1. The number of H-pyrrole nitrogens is 1. The Hall–Kier alpha value is -2.84. The van der Waals surface area contributed by atoms with E-state index in [0.717, 1.165) is 22.9 Å². The number of aromatic nitrogens is 4. The number of aryl methyl sites for hydroxylation is 2. The first-order chi connectivity index (χ1) is 14.7. The fourth-order valence-corrected chi connectivity index (χ4v) is 4.57. The molecule has 30 heavy (non-hydrogen) atoms. The molecule has 0 radical (unpaired) electrons. The monoisotopic (exact) mass is 438 g/mol. The third-order valence-corrected chi connectivity index (χ3v) is 6.40. The van der Waals surface area contributed by atoms with Crippen LogP contribution in [0.3, 0.4) is 0 Å². The lowest BCUT2D eigenvalue weighted by Crippen LogP contribution is -2.18. The molecule has 0 saturated heterocycles. The number of aromatic amines is 1. The van der Waals surface area contributed by atoms with Gasteiger partial charge in [-0.05, 0) is 31.0 Å². The Kier molecular flexibility index (Phi) is 6.66. The number of thiazole rings is 1. The Balaban J connectivity index is 1.32. The molecule has 4 rings (SSSR count). The van der Waals surface area contributed by atoms with Crippen LogP contribution in [0.1, 0.15) is 21.8 Å². The van der Waals surface area contributed by atoms with E-state index in [4.69, 9.17) is 4.74 Å². The van der Waals surface area contributed by atoms with E-state index >= 15 is 0 Å². The van der Waals surface area contributed by atoms with E-state index < -0.39 is 0 Å². The van der Waals surface area contributed by atoms with Crippen molar-refractivity contribution >= 4 is 23.1 Å². The number of hydrogen-bond donors (Lipinski definition) is 1. The maximum Gasteiger partial charge on any atom is 0.343 e. The fraction of sp³-hybridized carbons (Fsp3) is 0.227. The third kappa shape index (κ3) is 5.40. The molecule has 0 aliphatic heterocycles. The van der Waals surface area contributed by atoms with Gasteiger partial charge in [-0.15, -0.1) is 16.4 Å². The van der Waals surface area contributed by atoms with Crippen LogP contribution in [0.5, 0.6) is 5.75 Å². The van der Waals surface area contributed by atoms with Gasteiger partial charge in [0.2, 0.25) is 0 Å². The summed E-state index contributed by atoms with van der Waals surface area (Å²) in [4.78, 5) is 16.8. The first kappa shape index (κ1) is 20.4. The molecule has 0 spiro atoms. The summed E-state index contributed by atoms with van der Waals surface area (Å²) in [6.07, 6.45) is 0.783. The van der Waals surface area contributed by atoms with Crippen molar-refractivity contribution in [3.8, 4) is 5.75 Å². The molecule has 0 bridgehead atoms. The van der Waals surface area contributed by atoms with Gasteiger partial charge in [-0.2, -0.15) is 0 Å². The summed E-state index contributed by atoms with van der Waals surface area (Å²) in [7, 11) is 0. The Morgan fingerprint density at radius 2 is 1.93 bits per heavy atom. The second-order valence-corrected chi connectivity index (χ2v) is 8.71. The van der Waals surface area contributed by atoms with Gasteiger partial charge in [-0.3, -0.25) is 4.57 Å². The zero-order valence-corrected chi connectivity index (χ0v) is 18.2. The Bertz CT molecular complexity index is 1130. The van der Waals surface area contributed by atoms with E-state index in [1.807, 2.05) is 47.8 Å². The number of nitrogens with one attached hydrogen (secondary N) is 1. The zero-order chi connectivity index (χ0) is 20.8. The molecule has 1 N–H and O–H groups in total. The van der Waals surface area contributed by atoms with Crippen molar-refractivity contribution in [2.45, 2.75) is 37.4 Å². The molecule has 2 aromatic carbocycles. The predicted octanol–water partition coefficient (Wildman–Crippen LogP) is 4.45. The second-order valence-electron chi connectivity index (χ2n) is 6.82. The molecule has 0 unspecified atom stereocenters. The SMILES string of the molecule is Cc1ccc(OCc2nc(CSc3n[nH]c(=O)n3CCc3ccccc3)cs2)cc1. The van der Waals surface area contributed by atoms with Crippen LogP contribution in [-0.4, -0.2) is 19.7 Å². The van der Waals surface area contributed by atoms with Crippen LogP contribution >= 0.6 is 23.1 Å². The Morgan fingerprint density at radius 1 is 1.13 bits per heavy atom. The molecule has 0 saturated carbocycles. The van der Waals surface area contributed by atoms with Crippen molar-refractivity contribution < 1.29 is 4.74 Å². The van der Waals surface area contributed by atoms with E-state index in [-0.39, 0.29) is 5.69 Å². The molecule has 4 aromatic rings. The van der Waals surface area contributed by atoms with Gasteiger partial charge in [0.05, 0.1) is 5.69 Å². The Labute approximate surface area is 183 Å². The van der Waals surface area contributed by atoms with Crippen molar-refractivity contribution in [2.75, 3.05) is 0 Å². The summed E-state index contributed by atoms with van der Waals surface area (Å²) in [6, 6.07) is 18.1. The lowest BCUT2D eigenvalue weighted by molar-refractivity contribution is 0.305. The van der Waals surface area contributed by atoms with Crippen LogP contribution in [0.25, 0.3) is 0 Å². The van der Waals surface area contributed by atoms with Crippen LogP contribution in [0, 0.1) is 6.92 Å². The number of thioether (sulfide) groups is 1. The van der Waals surface area contributed by atoms with Crippen LogP contribution in [-0.2, 0) is 25.3 Å². The highest BCUT2D eigenvalue weighted by Gasteiger charge is 2.11. The van der Waals surface area contributed by atoms with E-state index in [0.29, 0.717) is 24.1 Å². The zero-order valence-electron chi connectivity index (χ0n) is 16.6. The van der Waals surface area contributed by atoms with Crippen LogP contribution < -0.4 is 10.4 Å². The van der Waals surface area contributed by atoms with E-state index in [1.165, 1.54) is 22.9 Å². The van der Waals surface area contributed by atoms with Gasteiger partial charge in [-0.25, -0.2) is 14.9 Å². The maximum atomic E-state index is 12.1. The smallest absolute Gasteiger partial charge is 0.343 e. The van der Waals surface area contributed by atoms with Gasteiger partial charge in [0.15, 0.2) is 5.16 Å². The van der Waals surface area contributed by atoms with Gasteiger partial charge in [0.25, 0.3) is 0 Å². The van der Waals surface area contributed by atoms with Gasteiger partial charge in [0.1, 0.15) is 17.4 Å². The van der Waals surface area contributed by atoms with Gasteiger partial charge >= 0.3 is 5.69 Å². The molecular weight excluding hydrogens is 416 g/mol.